The summed E-state index contributed by atoms with van der Waals surface area (Å²) in [6.45, 7) is 9.67. The first-order valence-corrected chi connectivity index (χ1v) is 10.5. The van der Waals surface area contributed by atoms with Gasteiger partial charge in [-0.3, -0.25) is 9.52 Å². The van der Waals surface area contributed by atoms with Gasteiger partial charge in [0.15, 0.2) is 0 Å². The highest BCUT2D eigenvalue weighted by atomic mass is 32.2. The van der Waals surface area contributed by atoms with Crippen LogP contribution in [0.3, 0.4) is 0 Å². The van der Waals surface area contributed by atoms with Crippen LogP contribution in [0.4, 0.5) is 5.69 Å². The van der Waals surface area contributed by atoms with E-state index in [9.17, 15) is 13.2 Å². The number of amides is 1. The summed E-state index contributed by atoms with van der Waals surface area (Å²) in [6.07, 6.45) is 1.78. The number of sulfonamides is 1. The third-order valence-electron chi connectivity index (χ3n) is 4.36. The summed E-state index contributed by atoms with van der Waals surface area (Å²) in [5, 5.41) is 3.00. The highest BCUT2D eigenvalue weighted by Crippen LogP contribution is 2.21. The van der Waals surface area contributed by atoms with Crippen LogP contribution < -0.4 is 10.0 Å². The van der Waals surface area contributed by atoms with Crippen LogP contribution in [-0.2, 0) is 10.0 Å². The van der Waals surface area contributed by atoms with Crippen LogP contribution in [0, 0.1) is 13.8 Å². The Hall–Kier alpha value is -2.34. The number of anilines is 1. The minimum absolute atomic E-state index is 0.0630. The van der Waals surface area contributed by atoms with E-state index in [1.807, 2.05) is 26.8 Å². The molecule has 6 heteroatoms. The highest BCUT2D eigenvalue weighted by Gasteiger charge is 2.23. The lowest BCUT2D eigenvalue weighted by molar-refractivity contribution is 0.0908. The van der Waals surface area contributed by atoms with Gasteiger partial charge in [-0.2, -0.15) is 0 Å². The zero-order valence-corrected chi connectivity index (χ0v) is 17.4. The van der Waals surface area contributed by atoms with Crippen molar-refractivity contribution in [2.75, 3.05) is 4.72 Å². The molecule has 0 aliphatic rings. The maximum absolute atomic E-state index is 12.7. The molecular weight excluding hydrogens is 360 g/mol. The molecule has 2 N–H and O–H groups in total. The molecule has 0 saturated heterocycles. The molecule has 0 heterocycles. The number of carbonyl (C=O) groups excluding carboxylic acids is 1. The van der Waals surface area contributed by atoms with E-state index < -0.39 is 10.0 Å². The van der Waals surface area contributed by atoms with E-state index in [0.29, 0.717) is 11.3 Å². The van der Waals surface area contributed by atoms with Crippen molar-refractivity contribution in [2.24, 2.45) is 0 Å². The number of hydrogen-bond donors (Lipinski definition) is 2. The fourth-order valence-corrected chi connectivity index (χ4v) is 4.07. The fourth-order valence-electron chi connectivity index (χ4n) is 3.00. The summed E-state index contributed by atoms with van der Waals surface area (Å²) in [5.74, 6) is -0.265. The first kappa shape index (κ1) is 21.0. The molecule has 0 saturated carbocycles. The summed E-state index contributed by atoms with van der Waals surface area (Å²) >= 11 is 0. The van der Waals surface area contributed by atoms with Gasteiger partial charge in [0, 0.05) is 16.8 Å². The van der Waals surface area contributed by atoms with Crippen LogP contribution in [0.1, 0.15) is 55.1 Å². The second-order valence-corrected chi connectivity index (χ2v) is 9.22. The first-order valence-electron chi connectivity index (χ1n) is 9.07. The quantitative estimate of drug-likeness (QED) is 0.737. The maximum atomic E-state index is 12.7. The Bertz CT molecular complexity index is 934. The first-order chi connectivity index (χ1) is 12.5. The Labute approximate surface area is 162 Å². The van der Waals surface area contributed by atoms with Gasteiger partial charge in [0.05, 0.1) is 4.90 Å². The van der Waals surface area contributed by atoms with Gasteiger partial charge in [-0.1, -0.05) is 31.5 Å². The molecule has 5 nitrogen and oxygen atoms in total. The summed E-state index contributed by atoms with van der Waals surface area (Å²) in [5.41, 5.74) is 2.19. The molecule has 2 rings (SSSR count). The lowest BCUT2D eigenvalue weighted by Gasteiger charge is -2.26. The minimum Gasteiger partial charge on any atom is -0.347 e. The van der Waals surface area contributed by atoms with Crippen molar-refractivity contribution in [3.05, 3.63) is 59.2 Å². The summed E-state index contributed by atoms with van der Waals surface area (Å²) in [6, 6.07) is 11.7. The fraction of sp³-hybridized carbons (Fsp3) is 0.381. The van der Waals surface area contributed by atoms with Crippen LogP contribution in [0.5, 0.6) is 0 Å². The third-order valence-corrected chi connectivity index (χ3v) is 5.74. The average Bonchev–Trinajstić information content (AvgIpc) is 2.53. The molecule has 0 unspecified atom stereocenters. The highest BCUT2D eigenvalue weighted by molar-refractivity contribution is 7.92. The largest absolute Gasteiger partial charge is 0.347 e. The molecule has 27 heavy (non-hydrogen) atoms. The number of aryl methyl sites for hydroxylation is 2. The van der Waals surface area contributed by atoms with Crippen molar-refractivity contribution < 1.29 is 13.2 Å². The van der Waals surface area contributed by atoms with Gasteiger partial charge >= 0.3 is 0 Å². The van der Waals surface area contributed by atoms with Crippen LogP contribution in [-0.4, -0.2) is 19.9 Å². The summed E-state index contributed by atoms with van der Waals surface area (Å²) in [4.78, 5) is 12.8. The van der Waals surface area contributed by atoms with Crippen LogP contribution >= 0.6 is 0 Å². The van der Waals surface area contributed by atoms with Crippen molar-refractivity contribution in [3.63, 3.8) is 0 Å². The standard InChI is InChI=1S/C21H28N2O3S/c1-6-12-21(4,5)22-20(24)19-14-18(11-10-16(19)3)27(25,26)23-17-9-7-8-15(2)13-17/h7-11,13-14,23H,6,12H2,1-5H3,(H,22,24). The maximum Gasteiger partial charge on any atom is 0.261 e. The molecular formula is C21H28N2O3S. The Kier molecular flexibility index (Phi) is 6.31. The monoisotopic (exact) mass is 388 g/mol. The van der Waals surface area contributed by atoms with Crippen molar-refractivity contribution in [2.45, 2.75) is 57.9 Å². The Morgan fingerprint density at radius 2 is 1.78 bits per heavy atom. The van der Waals surface area contributed by atoms with Gasteiger partial charge in [-0.05, 0) is 69.5 Å². The molecule has 0 aromatic heterocycles. The minimum atomic E-state index is -3.79. The molecule has 0 radical (unpaired) electrons. The molecule has 0 aliphatic heterocycles. The molecule has 0 spiro atoms. The molecule has 2 aromatic carbocycles. The molecule has 0 atom stereocenters. The van der Waals surface area contributed by atoms with E-state index in [1.54, 1.807) is 31.2 Å². The predicted molar refractivity (Wildman–Crippen MR) is 110 cm³/mol. The van der Waals surface area contributed by atoms with Gasteiger partial charge < -0.3 is 5.32 Å². The summed E-state index contributed by atoms with van der Waals surface area (Å²) in [7, 11) is -3.79. The molecule has 0 fully saturated rings. The van der Waals surface area contributed by atoms with Crippen LogP contribution in [0.15, 0.2) is 47.4 Å². The normalized spacial score (nSPS) is 11.9. The number of nitrogens with one attached hydrogen (secondary N) is 2. The smallest absolute Gasteiger partial charge is 0.261 e. The zero-order chi connectivity index (χ0) is 20.2. The van der Waals surface area contributed by atoms with Gasteiger partial charge in [-0.15, -0.1) is 0 Å². The van der Waals surface area contributed by atoms with E-state index >= 15 is 0 Å². The molecule has 1 amide bonds. The SMILES string of the molecule is CCCC(C)(C)NC(=O)c1cc(S(=O)(=O)Nc2cccc(C)c2)ccc1C. The topological polar surface area (TPSA) is 75.3 Å². The number of hydrogen-bond acceptors (Lipinski definition) is 3. The van der Waals surface area contributed by atoms with Crippen molar-refractivity contribution >= 4 is 21.6 Å². The van der Waals surface area contributed by atoms with Crippen molar-refractivity contribution in [3.8, 4) is 0 Å². The molecule has 2 aromatic rings. The Morgan fingerprint density at radius 3 is 2.41 bits per heavy atom. The lowest BCUT2D eigenvalue weighted by Crippen LogP contribution is -2.43. The van der Waals surface area contributed by atoms with E-state index in [2.05, 4.69) is 17.0 Å². The second-order valence-electron chi connectivity index (χ2n) is 7.54. The number of carbonyl (C=O) groups is 1. The molecule has 146 valence electrons. The predicted octanol–water partition coefficient (Wildman–Crippen LogP) is 4.41. The zero-order valence-electron chi connectivity index (χ0n) is 16.6. The Balaban J connectivity index is 2.31. The van der Waals surface area contributed by atoms with Gasteiger partial charge in [-0.25, -0.2) is 8.42 Å². The lowest BCUT2D eigenvalue weighted by atomic mass is 9.97. The average molecular weight is 389 g/mol. The van der Waals surface area contributed by atoms with Crippen LogP contribution in [0.2, 0.25) is 0 Å². The van der Waals surface area contributed by atoms with E-state index in [-0.39, 0.29) is 16.3 Å². The van der Waals surface area contributed by atoms with Crippen molar-refractivity contribution in [1.82, 2.24) is 5.32 Å². The van der Waals surface area contributed by atoms with E-state index in [1.165, 1.54) is 12.1 Å². The van der Waals surface area contributed by atoms with E-state index in [4.69, 9.17) is 0 Å². The Morgan fingerprint density at radius 1 is 1.07 bits per heavy atom. The molecule has 0 bridgehead atoms. The summed E-state index contributed by atoms with van der Waals surface area (Å²) < 4.78 is 28.1. The van der Waals surface area contributed by atoms with Gasteiger partial charge in [0.2, 0.25) is 0 Å². The van der Waals surface area contributed by atoms with Crippen molar-refractivity contribution in [1.29, 1.82) is 0 Å². The van der Waals surface area contributed by atoms with Crippen LogP contribution in [0.25, 0.3) is 0 Å². The third kappa shape index (κ3) is 5.57. The number of benzene rings is 2. The van der Waals surface area contributed by atoms with E-state index in [0.717, 1.165) is 24.0 Å². The van der Waals surface area contributed by atoms with Gasteiger partial charge in [0.25, 0.3) is 15.9 Å². The molecule has 0 aliphatic carbocycles. The van der Waals surface area contributed by atoms with Gasteiger partial charge in [0.1, 0.15) is 0 Å². The number of rotatable bonds is 7. The second kappa shape index (κ2) is 8.13.